The molecule has 4 N–H and O–H groups in total. The average molecular weight is 1470 g/mol. The Bertz CT molecular complexity index is 2590. The van der Waals surface area contributed by atoms with Crippen molar-refractivity contribution < 1.29 is 67.7 Å². The van der Waals surface area contributed by atoms with Crippen molar-refractivity contribution in [1.29, 1.82) is 10.5 Å². The van der Waals surface area contributed by atoms with Gasteiger partial charge in [0.2, 0.25) is 0 Å². The molecule has 6 aromatic rings. The molecule has 0 saturated carbocycles. The van der Waals surface area contributed by atoms with Crippen LogP contribution in [0, 0.1) is 45.9 Å². The van der Waals surface area contributed by atoms with Gasteiger partial charge < -0.3 is 19.3 Å². The van der Waals surface area contributed by atoms with Gasteiger partial charge >= 0.3 is 62.3 Å². The van der Waals surface area contributed by atoms with Crippen molar-refractivity contribution in [1.82, 2.24) is 15.4 Å². The molecule has 23 heteroatoms. The second-order valence-electron chi connectivity index (χ2n) is 13.0. The standard InChI is InChI=1S/C21H16F4N4O2.C21H12F4N2O2.I3.I2/c22-14-3-7-17(18(23)9-14)20(30,12-29-27)21(24,25)19-8-6-16(11-28-19)31-15-4-1-13(10-26)2-5-15;22-14-3-7-17(18(23)9-14)20(12-28-20)21(24,25)19-8-6-16(11-27-19)29-15-4-1-13(10-26)2-5-15;1-3-2;1-2/h1-9,11,29-30H,12,27H2;1-9,11H,12H2;;/q;;-1;. The largest absolute Gasteiger partial charge is 0.456 e. The van der Waals surface area contributed by atoms with E-state index in [1.807, 2.05) is 17.6 Å². The van der Waals surface area contributed by atoms with Gasteiger partial charge in [0, 0.05) is 67.0 Å². The number of nitrogens with one attached hydrogen (secondary N) is 1. The molecule has 0 amide bonds. The van der Waals surface area contributed by atoms with E-state index in [4.69, 9.17) is 30.6 Å². The number of ether oxygens (including phenoxy) is 3. The van der Waals surface area contributed by atoms with Gasteiger partial charge in [-0.15, -0.1) is 0 Å². The van der Waals surface area contributed by atoms with Crippen LogP contribution in [0.25, 0.3) is 0 Å². The Hall–Kier alpha value is -3.31. The van der Waals surface area contributed by atoms with Gasteiger partial charge in [-0.05, 0) is 91.0 Å². The number of aromatic nitrogens is 2. The molecule has 4 aromatic carbocycles. The topological polar surface area (TPSA) is 163 Å². The number of nitriles is 2. The quantitative estimate of drug-likeness (QED) is 0.0355. The summed E-state index contributed by atoms with van der Waals surface area (Å²) in [7, 11) is 0. The third-order valence-corrected chi connectivity index (χ3v) is 9.11. The van der Waals surface area contributed by atoms with Gasteiger partial charge in [-0.1, -0.05) is 6.07 Å². The average Bonchev–Trinajstić information content (AvgIpc) is 4.11. The molecule has 7 rings (SSSR count). The van der Waals surface area contributed by atoms with Crippen molar-refractivity contribution in [2.75, 3.05) is 13.2 Å². The third kappa shape index (κ3) is 13.2. The maximum atomic E-state index is 15.3. The molecule has 1 fully saturated rings. The summed E-state index contributed by atoms with van der Waals surface area (Å²) >= 11 is 9.54. The van der Waals surface area contributed by atoms with Crippen LogP contribution in [0.4, 0.5) is 35.1 Å². The van der Waals surface area contributed by atoms with E-state index in [-0.39, 0.29) is 11.5 Å². The van der Waals surface area contributed by atoms with E-state index in [0.717, 1.165) is 48.8 Å². The van der Waals surface area contributed by atoms with Crippen LogP contribution in [0.15, 0.2) is 122 Å². The molecule has 0 spiro atoms. The summed E-state index contributed by atoms with van der Waals surface area (Å²) in [5, 5.41) is 28.3. The second-order valence-corrected chi connectivity index (χ2v) is 29.3. The number of epoxide rings is 1. The maximum Gasteiger partial charge on any atom is 0.324 e. The van der Waals surface area contributed by atoms with Gasteiger partial charge in [0.15, 0.2) is 11.2 Å². The molecule has 342 valence electrons. The molecule has 10 nitrogen and oxygen atoms in total. The Labute approximate surface area is 419 Å². The smallest absolute Gasteiger partial charge is 0.324 e. The van der Waals surface area contributed by atoms with Crippen molar-refractivity contribution in [3.63, 3.8) is 0 Å². The zero-order chi connectivity index (χ0) is 48.0. The fourth-order valence-corrected chi connectivity index (χ4v) is 5.88. The van der Waals surface area contributed by atoms with E-state index in [2.05, 4.69) is 84.4 Å². The van der Waals surface area contributed by atoms with Gasteiger partial charge in [0.1, 0.15) is 57.7 Å². The number of hydrazine groups is 1. The van der Waals surface area contributed by atoms with Crippen LogP contribution in [0.5, 0.6) is 23.0 Å². The Balaban J connectivity index is 0.000000259. The van der Waals surface area contributed by atoms with Crippen molar-refractivity contribution in [3.8, 4) is 35.1 Å². The van der Waals surface area contributed by atoms with Crippen LogP contribution in [-0.4, -0.2) is 28.2 Å². The van der Waals surface area contributed by atoms with Crippen molar-refractivity contribution in [2.24, 2.45) is 5.84 Å². The number of benzene rings is 4. The minimum Gasteiger partial charge on any atom is -0.456 e. The van der Waals surface area contributed by atoms with Crippen LogP contribution in [-0.2, 0) is 27.8 Å². The molecule has 1 aliphatic heterocycles. The number of rotatable bonds is 12. The number of aliphatic hydroxyl groups is 1. The first-order valence-corrected chi connectivity index (χ1v) is 36.6. The van der Waals surface area contributed by atoms with E-state index in [0.29, 0.717) is 48.0 Å². The van der Waals surface area contributed by atoms with Gasteiger partial charge in [-0.2, -0.15) is 28.1 Å². The van der Waals surface area contributed by atoms with E-state index in [1.54, 1.807) is 24.3 Å². The Kier molecular flexibility index (Phi) is 20.6. The van der Waals surface area contributed by atoms with Crippen LogP contribution in [0.3, 0.4) is 0 Å². The molecule has 1 aliphatic rings. The van der Waals surface area contributed by atoms with E-state index in [9.17, 15) is 22.7 Å². The number of alkyl halides is 4. The van der Waals surface area contributed by atoms with Crippen LogP contribution in [0.2, 0.25) is 0 Å². The summed E-state index contributed by atoms with van der Waals surface area (Å²) in [5.74, 6) is -5.91. The fraction of sp³-hybridized carbons (Fsp3) is 0.143. The number of hydrogen-bond donors (Lipinski definition) is 3. The Morgan fingerprint density at radius 3 is 1.52 bits per heavy atom. The molecular weight excluding hydrogens is 1440 g/mol. The number of halogens is 13. The van der Waals surface area contributed by atoms with Crippen molar-refractivity contribution in [2.45, 2.75) is 23.0 Å². The number of pyridine rings is 2. The molecule has 2 unspecified atom stereocenters. The molecule has 0 aliphatic carbocycles. The predicted octanol–water partition coefficient (Wildman–Crippen LogP) is 9.05. The minimum atomic E-state index is -4.12. The summed E-state index contributed by atoms with van der Waals surface area (Å²) in [5.41, 5.74) is -5.41. The van der Waals surface area contributed by atoms with Crippen LogP contribution >= 0.6 is 74.5 Å². The Morgan fingerprint density at radius 1 is 0.708 bits per heavy atom. The summed E-state index contributed by atoms with van der Waals surface area (Å²) in [6, 6.07) is 24.9. The summed E-state index contributed by atoms with van der Waals surface area (Å²) in [4.78, 5) is 7.40. The van der Waals surface area contributed by atoms with Gasteiger partial charge in [0.25, 0.3) is 0 Å². The van der Waals surface area contributed by atoms with Gasteiger partial charge in [-0.3, -0.25) is 21.2 Å². The number of hydrogen-bond acceptors (Lipinski definition) is 10. The minimum absolute atomic E-state index is 0.109. The monoisotopic (exact) mass is 1470 g/mol. The van der Waals surface area contributed by atoms with E-state index < -0.39 is 82.0 Å². The van der Waals surface area contributed by atoms with Crippen LogP contribution < -0.4 is 34.0 Å². The summed E-state index contributed by atoms with van der Waals surface area (Å²) in [6.07, 6.45) is 2.11. The fourth-order valence-electron chi connectivity index (χ4n) is 5.88. The molecular formula is C42H28F8I5N6O4-. The first kappa shape index (κ1) is 54.3. The van der Waals surface area contributed by atoms with Gasteiger partial charge in [0.05, 0.1) is 42.3 Å². The summed E-state index contributed by atoms with van der Waals surface area (Å²) in [6.45, 7) is -1.37. The first-order valence-electron chi connectivity index (χ1n) is 17.8. The predicted molar refractivity (Wildman–Crippen MR) is 251 cm³/mol. The van der Waals surface area contributed by atoms with Gasteiger partial charge in [-0.25, -0.2) is 17.6 Å². The number of nitrogens with two attached hydrogens (primary N) is 1. The van der Waals surface area contributed by atoms with E-state index >= 15 is 17.6 Å². The van der Waals surface area contributed by atoms with Crippen molar-refractivity contribution in [3.05, 3.63) is 178 Å². The molecule has 2 atom stereocenters. The SMILES string of the molecule is II.I[I-]I.N#Cc1ccc(Oc2ccc(C(F)(F)C(O)(CNN)c3ccc(F)cc3F)nc2)cc1.N#Cc1ccc(Oc2ccc(C(F)(F)C3(c4ccc(F)cc4F)CO3)nc2)cc1. The normalized spacial score (nSPS) is 14.9. The molecule has 2 aromatic heterocycles. The molecule has 65 heavy (non-hydrogen) atoms. The molecule has 0 bridgehead atoms. The zero-order valence-corrected chi connectivity index (χ0v) is 43.2. The first-order chi connectivity index (χ1) is 31.0. The number of nitrogens with zero attached hydrogens (tertiary/aromatic N) is 4. The second kappa shape index (κ2) is 24.6. The Morgan fingerprint density at radius 2 is 1.14 bits per heavy atom. The third-order valence-electron chi connectivity index (χ3n) is 9.11. The summed E-state index contributed by atoms with van der Waals surface area (Å²) < 4.78 is 131. The molecule has 1 saturated heterocycles. The molecule has 3 heterocycles. The van der Waals surface area contributed by atoms with Crippen molar-refractivity contribution >= 4 is 74.5 Å². The zero-order valence-electron chi connectivity index (χ0n) is 32.4. The van der Waals surface area contributed by atoms with Crippen LogP contribution in [0.1, 0.15) is 33.6 Å². The van der Waals surface area contributed by atoms with E-state index in [1.165, 1.54) is 36.4 Å². The molecule has 0 radical (unpaired) electrons. The maximum absolute atomic E-state index is 15.3.